The van der Waals surface area contributed by atoms with Crippen LogP contribution in [0.15, 0.2) is 36.4 Å². The Morgan fingerprint density at radius 3 is 2.22 bits per heavy atom. The summed E-state index contributed by atoms with van der Waals surface area (Å²) in [4.78, 5) is 11.2. The van der Waals surface area contributed by atoms with Crippen LogP contribution in [0, 0.1) is 0 Å². The van der Waals surface area contributed by atoms with Crippen molar-refractivity contribution in [3.05, 3.63) is 42.0 Å². The normalized spacial score (nSPS) is 10.3. The largest absolute Gasteiger partial charge is 0.494 e. The summed E-state index contributed by atoms with van der Waals surface area (Å²) in [5.41, 5.74) is 1.83. The molecule has 0 amide bonds. The zero-order chi connectivity index (χ0) is 16.9. The van der Waals surface area contributed by atoms with Gasteiger partial charge in [-0.2, -0.15) is 0 Å². The van der Waals surface area contributed by atoms with Crippen LogP contribution < -0.4 is 4.74 Å². The maximum absolute atomic E-state index is 11.2. The summed E-state index contributed by atoms with van der Waals surface area (Å²) in [6.45, 7) is 8.66. The van der Waals surface area contributed by atoms with Gasteiger partial charge in [0.05, 0.1) is 13.2 Å². The number of hydrogen-bond acceptors (Lipinski definition) is 3. The predicted molar refractivity (Wildman–Crippen MR) is 94.8 cm³/mol. The van der Waals surface area contributed by atoms with Gasteiger partial charge in [0.15, 0.2) is 0 Å². The van der Waals surface area contributed by atoms with Crippen molar-refractivity contribution < 1.29 is 14.3 Å². The van der Waals surface area contributed by atoms with E-state index in [1.165, 1.54) is 12.0 Å². The van der Waals surface area contributed by atoms with Crippen molar-refractivity contribution in [1.29, 1.82) is 0 Å². The molecule has 0 saturated heterocycles. The lowest BCUT2D eigenvalue weighted by Gasteiger charge is -2.07. The molecule has 0 bridgehead atoms. The van der Waals surface area contributed by atoms with Gasteiger partial charge in [0.1, 0.15) is 5.75 Å². The molecule has 0 aliphatic heterocycles. The summed E-state index contributed by atoms with van der Waals surface area (Å²) in [6, 6.07) is 8.40. The van der Waals surface area contributed by atoms with E-state index < -0.39 is 0 Å². The third-order valence-electron chi connectivity index (χ3n) is 3.60. The van der Waals surface area contributed by atoms with Gasteiger partial charge in [0, 0.05) is 5.57 Å². The molecular weight excluding hydrogens is 288 g/mol. The summed E-state index contributed by atoms with van der Waals surface area (Å²) >= 11 is 0. The van der Waals surface area contributed by atoms with Crippen molar-refractivity contribution in [3.8, 4) is 5.75 Å². The van der Waals surface area contributed by atoms with Crippen LogP contribution >= 0.6 is 0 Å². The Labute approximate surface area is 140 Å². The highest BCUT2D eigenvalue weighted by Gasteiger charge is 2.01. The Kier molecular flexibility index (Phi) is 9.85. The van der Waals surface area contributed by atoms with E-state index in [-0.39, 0.29) is 5.97 Å². The van der Waals surface area contributed by atoms with Gasteiger partial charge >= 0.3 is 5.97 Å². The summed E-state index contributed by atoms with van der Waals surface area (Å²) in [5, 5.41) is 0. The molecule has 0 radical (unpaired) electrons. The van der Waals surface area contributed by atoms with Gasteiger partial charge in [-0.05, 0) is 43.9 Å². The van der Waals surface area contributed by atoms with Gasteiger partial charge in [0.2, 0.25) is 0 Å². The second-order valence-corrected chi connectivity index (χ2v) is 5.93. The molecule has 0 saturated carbocycles. The maximum Gasteiger partial charge on any atom is 0.333 e. The minimum atomic E-state index is -0.289. The second kappa shape index (κ2) is 11.8. The van der Waals surface area contributed by atoms with Gasteiger partial charge in [0.25, 0.3) is 0 Å². The van der Waals surface area contributed by atoms with Crippen LogP contribution in [0.3, 0.4) is 0 Å². The second-order valence-electron chi connectivity index (χ2n) is 5.93. The number of hydrogen-bond donors (Lipinski definition) is 0. The predicted octanol–water partition coefficient (Wildman–Crippen LogP) is 5.09. The van der Waals surface area contributed by atoms with E-state index in [0.717, 1.165) is 50.9 Å². The number of aryl methyl sites for hydroxylation is 1. The molecule has 1 aromatic carbocycles. The summed E-state index contributed by atoms with van der Waals surface area (Å²) in [5.74, 6) is 0.667. The average molecular weight is 318 g/mol. The van der Waals surface area contributed by atoms with Gasteiger partial charge in [-0.1, -0.05) is 51.3 Å². The number of rotatable bonds is 12. The van der Waals surface area contributed by atoms with Crippen LogP contribution in [0.4, 0.5) is 0 Å². The summed E-state index contributed by atoms with van der Waals surface area (Å²) in [7, 11) is 0. The monoisotopic (exact) mass is 318 g/mol. The maximum atomic E-state index is 11.2. The molecular formula is C20H30O3. The number of ether oxygens (including phenoxy) is 2. The first-order valence-corrected chi connectivity index (χ1v) is 8.68. The van der Waals surface area contributed by atoms with E-state index in [4.69, 9.17) is 9.47 Å². The molecule has 23 heavy (non-hydrogen) atoms. The van der Waals surface area contributed by atoms with Gasteiger partial charge in [-0.15, -0.1) is 0 Å². The molecule has 0 heterocycles. The number of unbranched alkanes of at least 4 members (excludes halogenated alkanes) is 4. The van der Waals surface area contributed by atoms with Crippen LogP contribution in [-0.2, 0) is 16.0 Å². The lowest BCUT2D eigenvalue weighted by atomic mass is 10.1. The van der Waals surface area contributed by atoms with Gasteiger partial charge < -0.3 is 9.47 Å². The topological polar surface area (TPSA) is 35.5 Å². The van der Waals surface area contributed by atoms with E-state index >= 15 is 0 Å². The minimum Gasteiger partial charge on any atom is -0.494 e. The average Bonchev–Trinajstić information content (AvgIpc) is 2.54. The molecule has 0 spiro atoms. The number of carbonyl (C=O) groups is 1. The lowest BCUT2D eigenvalue weighted by Crippen LogP contribution is -2.06. The van der Waals surface area contributed by atoms with Crippen molar-refractivity contribution in [2.24, 2.45) is 0 Å². The Bertz CT molecular complexity index is 462. The molecule has 0 aromatic heterocycles. The smallest absolute Gasteiger partial charge is 0.333 e. The zero-order valence-electron chi connectivity index (χ0n) is 14.6. The van der Waals surface area contributed by atoms with E-state index in [1.54, 1.807) is 6.92 Å². The minimum absolute atomic E-state index is 0.289. The molecule has 0 atom stereocenters. The highest BCUT2D eigenvalue weighted by Crippen LogP contribution is 2.14. The molecule has 3 nitrogen and oxygen atoms in total. The third-order valence-corrected chi connectivity index (χ3v) is 3.60. The van der Waals surface area contributed by atoms with Crippen molar-refractivity contribution in [2.75, 3.05) is 13.2 Å². The van der Waals surface area contributed by atoms with Crippen molar-refractivity contribution in [3.63, 3.8) is 0 Å². The first kappa shape index (κ1) is 19.3. The van der Waals surface area contributed by atoms with Gasteiger partial charge in [-0.3, -0.25) is 0 Å². The lowest BCUT2D eigenvalue weighted by molar-refractivity contribution is -0.139. The Morgan fingerprint density at radius 2 is 1.61 bits per heavy atom. The molecule has 0 aliphatic carbocycles. The molecule has 0 fully saturated rings. The Morgan fingerprint density at radius 1 is 1.00 bits per heavy atom. The third kappa shape index (κ3) is 9.07. The number of benzene rings is 1. The summed E-state index contributed by atoms with van der Waals surface area (Å²) in [6.07, 6.45) is 7.64. The van der Waals surface area contributed by atoms with E-state index in [0.29, 0.717) is 12.2 Å². The van der Waals surface area contributed by atoms with Crippen molar-refractivity contribution in [1.82, 2.24) is 0 Å². The number of carbonyl (C=O) groups excluding carboxylic acids is 1. The fraction of sp³-hybridized carbons (Fsp3) is 0.550. The van der Waals surface area contributed by atoms with Gasteiger partial charge in [-0.25, -0.2) is 4.79 Å². The molecule has 0 unspecified atom stereocenters. The molecule has 128 valence electrons. The van der Waals surface area contributed by atoms with Crippen LogP contribution in [0.5, 0.6) is 5.75 Å². The first-order chi connectivity index (χ1) is 11.1. The Hall–Kier alpha value is -1.77. The molecule has 1 aromatic rings. The first-order valence-electron chi connectivity index (χ1n) is 8.68. The Balaban J connectivity index is 1.97. The molecule has 0 aliphatic rings. The highest BCUT2D eigenvalue weighted by molar-refractivity contribution is 5.86. The van der Waals surface area contributed by atoms with Crippen LogP contribution in [0.25, 0.3) is 0 Å². The van der Waals surface area contributed by atoms with Crippen LogP contribution in [0.2, 0.25) is 0 Å². The highest BCUT2D eigenvalue weighted by atomic mass is 16.5. The zero-order valence-corrected chi connectivity index (χ0v) is 14.6. The van der Waals surface area contributed by atoms with E-state index in [2.05, 4.69) is 37.8 Å². The van der Waals surface area contributed by atoms with Crippen LogP contribution in [-0.4, -0.2) is 19.2 Å². The van der Waals surface area contributed by atoms with Crippen LogP contribution in [0.1, 0.15) is 57.9 Å². The summed E-state index contributed by atoms with van der Waals surface area (Å²) < 4.78 is 10.8. The SMILES string of the molecule is C=C(C)C(=O)OCCCCCCCOc1ccc(CCC)cc1. The quantitative estimate of drug-likeness (QED) is 0.306. The fourth-order valence-corrected chi connectivity index (χ4v) is 2.25. The molecule has 0 N–H and O–H groups in total. The number of esters is 1. The fourth-order valence-electron chi connectivity index (χ4n) is 2.25. The van der Waals surface area contributed by atoms with Crippen molar-refractivity contribution in [2.45, 2.75) is 58.8 Å². The van der Waals surface area contributed by atoms with E-state index in [9.17, 15) is 4.79 Å². The van der Waals surface area contributed by atoms with E-state index in [1.807, 2.05) is 0 Å². The molecule has 1 rings (SSSR count). The standard InChI is InChI=1S/C20H30O3/c1-4-10-18-11-13-19(14-12-18)22-15-8-6-5-7-9-16-23-20(21)17(2)3/h11-14H,2,4-10,15-16H2,1,3H3. The van der Waals surface area contributed by atoms with Crippen molar-refractivity contribution >= 4 is 5.97 Å². The molecule has 3 heteroatoms.